The number of carbonyl (C=O) groups excluding carboxylic acids is 2. The van der Waals surface area contributed by atoms with Gasteiger partial charge in [-0.05, 0) is 32.6 Å². The molecule has 21 heavy (non-hydrogen) atoms. The van der Waals surface area contributed by atoms with E-state index in [1.807, 2.05) is 18.7 Å². The third-order valence-corrected chi connectivity index (χ3v) is 5.83. The number of thiazole rings is 1. The summed E-state index contributed by atoms with van der Waals surface area (Å²) >= 11 is 3.56. The normalized spacial score (nSPS) is 21.8. The summed E-state index contributed by atoms with van der Waals surface area (Å²) in [5, 5.41) is 8.18. The molecule has 0 unspecified atom stereocenters. The molecule has 1 aliphatic rings. The van der Waals surface area contributed by atoms with Crippen molar-refractivity contribution in [2.75, 3.05) is 6.54 Å². The average Bonchev–Trinajstić information content (AvgIpc) is 2.84. The molecule has 1 aliphatic carbocycles. The average molecular weight is 327 g/mol. The molecule has 2 rings (SSSR count). The number of aromatic nitrogens is 1. The van der Waals surface area contributed by atoms with Crippen LogP contribution in [0.4, 0.5) is 0 Å². The van der Waals surface area contributed by atoms with E-state index in [0.29, 0.717) is 5.25 Å². The van der Waals surface area contributed by atoms with Crippen LogP contribution in [0.25, 0.3) is 0 Å². The molecule has 0 spiro atoms. The predicted octanol–water partition coefficient (Wildman–Crippen LogP) is 2.11. The van der Waals surface area contributed by atoms with E-state index in [0.717, 1.165) is 35.7 Å². The molecule has 1 aromatic heterocycles. The second-order valence-corrected chi connectivity index (χ2v) is 7.73. The monoisotopic (exact) mass is 327 g/mol. The van der Waals surface area contributed by atoms with E-state index in [2.05, 4.69) is 21.0 Å². The molecule has 1 heterocycles. The first-order valence-electron chi connectivity index (χ1n) is 7.15. The van der Waals surface area contributed by atoms with Gasteiger partial charge in [0.05, 0.1) is 6.54 Å². The fourth-order valence-corrected chi connectivity index (χ4v) is 4.62. The number of carbonyl (C=O) groups is 2. The van der Waals surface area contributed by atoms with Crippen molar-refractivity contribution in [2.24, 2.45) is 0 Å². The van der Waals surface area contributed by atoms with Gasteiger partial charge < -0.3 is 10.6 Å². The summed E-state index contributed by atoms with van der Waals surface area (Å²) in [6.45, 7) is 3.50. The Kier molecular flexibility index (Phi) is 6.05. The number of thioether (sulfide) groups is 1. The van der Waals surface area contributed by atoms with E-state index >= 15 is 0 Å². The van der Waals surface area contributed by atoms with Crippen molar-refractivity contribution in [1.29, 1.82) is 0 Å². The highest BCUT2D eigenvalue weighted by molar-refractivity contribution is 8.01. The molecule has 0 radical (unpaired) electrons. The van der Waals surface area contributed by atoms with Crippen molar-refractivity contribution in [3.05, 3.63) is 11.1 Å². The molecule has 0 bridgehead atoms. The zero-order valence-electron chi connectivity index (χ0n) is 12.3. The lowest BCUT2D eigenvalue weighted by Gasteiger charge is -2.28. The summed E-state index contributed by atoms with van der Waals surface area (Å²) in [6, 6.07) is 0.237. The van der Waals surface area contributed by atoms with Crippen molar-refractivity contribution in [3.63, 3.8) is 0 Å². The summed E-state index contributed by atoms with van der Waals surface area (Å²) in [4.78, 5) is 26.9. The van der Waals surface area contributed by atoms with E-state index in [1.54, 1.807) is 11.3 Å². The Hall–Kier alpha value is -1.08. The van der Waals surface area contributed by atoms with Crippen LogP contribution in [0, 0.1) is 6.92 Å². The summed E-state index contributed by atoms with van der Waals surface area (Å²) in [7, 11) is 0. The maximum absolute atomic E-state index is 11.7. The zero-order valence-corrected chi connectivity index (χ0v) is 14.0. The lowest BCUT2D eigenvalue weighted by Crippen LogP contribution is -2.43. The van der Waals surface area contributed by atoms with E-state index in [4.69, 9.17) is 0 Å². The third-order valence-electron chi connectivity index (χ3n) is 3.40. The summed E-state index contributed by atoms with van der Waals surface area (Å²) in [5.74, 6) is -0.277. The number of rotatable bonds is 5. The Labute approximate surface area is 133 Å². The van der Waals surface area contributed by atoms with Crippen molar-refractivity contribution in [2.45, 2.75) is 55.2 Å². The Balaban J connectivity index is 1.68. The Morgan fingerprint density at radius 3 is 2.67 bits per heavy atom. The Bertz CT molecular complexity index is 496. The largest absolute Gasteiger partial charge is 0.352 e. The van der Waals surface area contributed by atoms with Gasteiger partial charge in [-0.25, -0.2) is 4.98 Å². The summed E-state index contributed by atoms with van der Waals surface area (Å²) in [6.07, 6.45) is 4.17. The maximum Gasteiger partial charge on any atom is 0.239 e. The van der Waals surface area contributed by atoms with Gasteiger partial charge in [0.15, 0.2) is 0 Å². The lowest BCUT2D eigenvalue weighted by molar-refractivity contribution is -0.125. The molecule has 1 aromatic rings. The van der Waals surface area contributed by atoms with Crippen molar-refractivity contribution >= 4 is 34.9 Å². The van der Waals surface area contributed by atoms with E-state index in [1.165, 1.54) is 6.92 Å². The van der Waals surface area contributed by atoms with Crippen LogP contribution < -0.4 is 10.6 Å². The van der Waals surface area contributed by atoms with Gasteiger partial charge in [-0.1, -0.05) is 11.8 Å². The summed E-state index contributed by atoms with van der Waals surface area (Å²) in [5.41, 5.74) is 1.08. The highest BCUT2D eigenvalue weighted by Crippen LogP contribution is 2.35. The van der Waals surface area contributed by atoms with Crippen LogP contribution in [0.1, 0.15) is 38.3 Å². The van der Waals surface area contributed by atoms with Gasteiger partial charge in [0, 0.05) is 29.3 Å². The molecule has 7 heteroatoms. The Morgan fingerprint density at radius 2 is 2.10 bits per heavy atom. The number of amides is 2. The molecule has 2 N–H and O–H groups in total. The minimum absolute atomic E-state index is 0.0718. The van der Waals surface area contributed by atoms with Crippen LogP contribution in [0.15, 0.2) is 9.72 Å². The number of hydrogen-bond acceptors (Lipinski definition) is 5. The highest BCUT2D eigenvalue weighted by atomic mass is 32.2. The van der Waals surface area contributed by atoms with E-state index in [-0.39, 0.29) is 24.4 Å². The first kappa shape index (κ1) is 16.3. The van der Waals surface area contributed by atoms with Crippen LogP contribution in [0.3, 0.4) is 0 Å². The fourth-order valence-electron chi connectivity index (χ4n) is 2.34. The number of hydrogen-bond donors (Lipinski definition) is 2. The zero-order chi connectivity index (χ0) is 15.2. The summed E-state index contributed by atoms with van der Waals surface area (Å²) < 4.78 is 1.14. The number of aryl methyl sites for hydroxylation is 1. The minimum atomic E-state index is -0.177. The first-order chi connectivity index (χ1) is 10.0. The van der Waals surface area contributed by atoms with Crippen molar-refractivity contribution in [3.8, 4) is 0 Å². The number of nitrogens with one attached hydrogen (secondary N) is 2. The predicted molar refractivity (Wildman–Crippen MR) is 85.6 cm³/mol. The molecule has 116 valence electrons. The van der Waals surface area contributed by atoms with Crippen LogP contribution in [-0.4, -0.2) is 34.6 Å². The molecule has 2 amide bonds. The van der Waals surface area contributed by atoms with E-state index in [9.17, 15) is 9.59 Å². The standard InChI is InChI=1S/C14H21N3O2S2/c1-9-8-20-14(16-9)21-12-5-3-11(4-6-12)17-13(19)7-15-10(2)18/h8,11-12H,3-7H2,1-2H3,(H,15,18)(H,17,19). The topological polar surface area (TPSA) is 71.1 Å². The van der Waals surface area contributed by atoms with E-state index < -0.39 is 0 Å². The molecule has 1 saturated carbocycles. The van der Waals surface area contributed by atoms with Gasteiger partial charge >= 0.3 is 0 Å². The van der Waals surface area contributed by atoms with Crippen molar-refractivity contribution < 1.29 is 9.59 Å². The molecular formula is C14H21N3O2S2. The molecule has 0 atom stereocenters. The van der Waals surface area contributed by atoms with Gasteiger partial charge in [0.25, 0.3) is 0 Å². The van der Waals surface area contributed by atoms with Gasteiger partial charge in [-0.2, -0.15) is 0 Å². The molecule has 5 nitrogen and oxygen atoms in total. The van der Waals surface area contributed by atoms with Gasteiger partial charge in [-0.15, -0.1) is 11.3 Å². The third kappa shape index (κ3) is 5.67. The van der Waals surface area contributed by atoms with Gasteiger partial charge in [0.1, 0.15) is 4.34 Å². The molecular weight excluding hydrogens is 306 g/mol. The van der Waals surface area contributed by atoms with Gasteiger partial charge in [0.2, 0.25) is 11.8 Å². The SMILES string of the molecule is CC(=O)NCC(=O)NC1CCC(Sc2nc(C)cs2)CC1. The number of nitrogens with zero attached hydrogens (tertiary/aromatic N) is 1. The second-order valence-electron chi connectivity index (χ2n) is 5.32. The van der Waals surface area contributed by atoms with Crippen LogP contribution in [-0.2, 0) is 9.59 Å². The van der Waals surface area contributed by atoms with Gasteiger partial charge in [-0.3, -0.25) is 9.59 Å². The molecule has 1 fully saturated rings. The van der Waals surface area contributed by atoms with Crippen LogP contribution in [0.2, 0.25) is 0 Å². The molecule has 0 aliphatic heterocycles. The lowest BCUT2D eigenvalue weighted by atomic mass is 9.95. The van der Waals surface area contributed by atoms with Crippen molar-refractivity contribution in [1.82, 2.24) is 15.6 Å². The smallest absolute Gasteiger partial charge is 0.239 e. The highest BCUT2D eigenvalue weighted by Gasteiger charge is 2.23. The fraction of sp³-hybridized carbons (Fsp3) is 0.643. The Morgan fingerprint density at radius 1 is 1.38 bits per heavy atom. The quantitative estimate of drug-likeness (QED) is 0.869. The molecule has 0 saturated heterocycles. The van der Waals surface area contributed by atoms with Crippen LogP contribution in [0.5, 0.6) is 0 Å². The van der Waals surface area contributed by atoms with Crippen LogP contribution >= 0.6 is 23.1 Å². The minimum Gasteiger partial charge on any atom is -0.352 e. The second kappa shape index (κ2) is 7.79. The first-order valence-corrected chi connectivity index (χ1v) is 8.91. The molecule has 0 aromatic carbocycles. The maximum atomic E-state index is 11.7.